The smallest absolute Gasteiger partial charge is 0.0894 e. The molecule has 0 heterocycles. The van der Waals surface area contributed by atoms with E-state index in [9.17, 15) is 8.76 Å². The number of benzene rings is 1. The zero-order chi connectivity index (χ0) is 8.97. The van der Waals surface area contributed by atoms with E-state index in [0.29, 0.717) is 10.6 Å². The Hall–Kier alpha value is -0.420. The molecule has 1 rings (SSSR count). The number of hydrogen-bond acceptors (Lipinski definition) is 3. The Bertz CT molecular complexity index is 290. The summed E-state index contributed by atoms with van der Waals surface area (Å²) < 4.78 is 24.4. The lowest BCUT2D eigenvalue weighted by atomic mass is 10.2. The lowest BCUT2D eigenvalue weighted by Crippen LogP contribution is -1.96. The average Bonchev–Trinajstić information content (AvgIpc) is 2.03. The van der Waals surface area contributed by atoms with Gasteiger partial charge in [0.1, 0.15) is 0 Å². The van der Waals surface area contributed by atoms with Crippen molar-refractivity contribution >= 4 is 23.0 Å². The van der Waals surface area contributed by atoms with Crippen LogP contribution in [0.15, 0.2) is 24.3 Å². The first-order valence-electron chi connectivity index (χ1n) is 3.16. The summed E-state index contributed by atoms with van der Waals surface area (Å²) in [6, 6.07) is 6.90. The molecule has 1 atom stereocenters. The second-order valence-corrected chi connectivity index (χ2v) is 3.11. The first kappa shape index (κ1) is 9.67. The van der Waals surface area contributed by atoms with Gasteiger partial charge in [-0.3, -0.25) is 4.18 Å². The second kappa shape index (κ2) is 4.57. The van der Waals surface area contributed by atoms with Crippen LogP contribution in [-0.4, -0.2) is 8.76 Å². The molecule has 0 aliphatic rings. The summed E-state index contributed by atoms with van der Waals surface area (Å²) in [6.45, 7) is -0.0181. The van der Waals surface area contributed by atoms with Gasteiger partial charge in [0.2, 0.25) is 0 Å². The van der Waals surface area contributed by atoms with Crippen LogP contribution >= 0.6 is 11.6 Å². The Morgan fingerprint density at radius 2 is 2.17 bits per heavy atom. The van der Waals surface area contributed by atoms with Gasteiger partial charge >= 0.3 is 0 Å². The summed E-state index contributed by atoms with van der Waals surface area (Å²) in [5, 5.41) is 0.503. The van der Waals surface area contributed by atoms with Crippen LogP contribution in [0.3, 0.4) is 0 Å². The van der Waals surface area contributed by atoms with Gasteiger partial charge in [-0.1, -0.05) is 29.8 Å². The van der Waals surface area contributed by atoms with Crippen molar-refractivity contribution in [1.29, 1.82) is 0 Å². The highest BCUT2D eigenvalue weighted by Gasteiger charge is 1.97. The van der Waals surface area contributed by atoms with Crippen molar-refractivity contribution in [3.05, 3.63) is 34.9 Å². The van der Waals surface area contributed by atoms with Crippen LogP contribution in [-0.2, 0) is 22.2 Å². The molecule has 0 radical (unpaired) electrons. The Morgan fingerprint density at radius 1 is 1.50 bits per heavy atom. The lowest BCUT2D eigenvalue weighted by molar-refractivity contribution is 0.291. The van der Waals surface area contributed by atoms with E-state index < -0.39 is 11.4 Å². The molecule has 12 heavy (non-hydrogen) atoms. The van der Waals surface area contributed by atoms with Crippen LogP contribution < -0.4 is 0 Å². The SMILES string of the molecule is O=S([O-])OCc1ccccc1Cl. The normalized spacial score (nSPS) is 12.8. The standard InChI is InChI=1S/C7H7ClO3S/c8-7-4-2-1-3-6(7)5-11-12(9)10/h1-4H,5H2,(H,9,10)/p-1. The first-order chi connectivity index (χ1) is 5.70. The molecule has 5 heteroatoms. The van der Waals surface area contributed by atoms with Gasteiger partial charge in [-0.2, -0.15) is 0 Å². The molecule has 0 fully saturated rings. The predicted octanol–water partition coefficient (Wildman–Crippen LogP) is 1.65. The predicted molar refractivity (Wildman–Crippen MR) is 45.2 cm³/mol. The van der Waals surface area contributed by atoms with E-state index >= 15 is 0 Å². The maximum absolute atomic E-state index is 10.0. The topological polar surface area (TPSA) is 49.4 Å². The van der Waals surface area contributed by atoms with E-state index in [2.05, 4.69) is 4.18 Å². The van der Waals surface area contributed by atoms with Crippen LogP contribution in [0.2, 0.25) is 5.02 Å². The van der Waals surface area contributed by atoms with E-state index in [1.807, 2.05) is 0 Å². The van der Waals surface area contributed by atoms with Crippen molar-refractivity contribution in [2.24, 2.45) is 0 Å². The van der Waals surface area contributed by atoms with Gasteiger partial charge in [0.25, 0.3) is 0 Å². The maximum atomic E-state index is 10.0. The zero-order valence-electron chi connectivity index (χ0n) is 6.03. The van der Waals surface area contributed by atoms with Crippen molar-refractivity contribution in [2.75, 3.05) is 0 Å². The van der Waals surface area contributed by atoms with Gasteiger partial charge in [-0.25, -0.2) is 4.21 Å². The van der Waals surface area contributed by atoms with Gasteiger partial charge < -0.3 is 4.55 Å². The molecule has 0 aliphatic carbocycles. The fraction of sp³-hybridized carbons (Fsp3) is 0.143. The molecule has 0 amide bonds. The van der Waals surface area contributed by atoms with Crippen LogP contribution in [0, 0.1) is 0 Å². The molecule has 0 saturated heterocycles. The maximum Gasteiger partial charge on any atom is 0.0894 e. The number of halogens is 1. The fourth-order valence-electron chi connectivity index (χ4n) is 0.727. The molecule has 1 aromatic carbocycles. The van der Waals surface area contributed by atoms with Crippen molar-refractivity contribution < 1.29 is 12.9 Å². The summed E-state index contributed by atoms with van der Waals surface area (Å²) in [5.74, 6) is 0. The van der Waals surface area contributed by atoms with Crippen LogP contribution in [0.1, 0.15) is 5.56 Å². The van der Waals surface area contributed by atoms with Crippen molar-refractivity contribution in [2.45, 2.75) is 6.61 Å². The molecule has 1 aromatic rings. The van der Waals surface area contributed by atoms with Gasteiger partial charge in [0, 0.05) is 5.02 Å². The highest BCUT2D eigenvalue weighted by atomic mass is 35.5. The quantitative estimate of drug-likeness (QED) is 0.705. The Kier molecular flexibility index (Phi) is 3.68. The molecule has 0 N–H and O–H groups in total. The highest BCUT2D eigenvalue weighted by molar-refractivity contribution is 7.74. The van der Waals surface area contributed by atoms with E-state index in [-0.39, 0.29) is 6.61 Å². The summed E-state index contributed by atoms with van der Waals surface area (Å²) in [5.41, 5.74) is 0.656. The van der Waals surface area contributed by atoms with Gasteiger partial charge in [-0.05, 0) is 11.6 Å². The average molecular weight is 206 g/mol. The molecule has 1 unspecified atom stereocenters. The van der Waals surface area contributed by atoms with Crippen LogP contribution in [0.25, 0.3) is 0 Å². The van der Waals surface area contributed by atoms with Crippen LogP contribution in [0.4, 0.5) is 0 Å². The molecule has 0 spiro atoms. The van der Waals surface area contributed by atoms with Gasteiger partial charge in [-0.15, -0.1) is 0 Å². The third kappa shape index (κ3) is 2.91. The Morgan fingerprint density at radius 3 is 2.75 bits per heavy atom. The van der Waals surface area contributed by atoms with E-state index in [1.54, 1.807) is 24.3 Å². The van der Waals surface area contributed by atoms with Crippen molar-refractivity contribution in [3.8, 4) is 0 Å². The lowest BCUT2D eigenvalue weighted by Gasteiger charge is -2.06. The molecule has 0 aliphatic heterocycles. The molecule has 3 nitrogen and oxygen atoms in total. The number of rotatable bonds is 3. The Labute approximate surface area is 77.8 Å². The summed E-state index contributed by atoms with van der Waals surface area (Å²) in [6.07, 6.45) is 0. The van der Waals surface area contributed by atoms with E-state index in [0.717, 1.165) is 0 Å². The Balaban J connectivity index is 2.63. The fourth-order valence-corrected chi connectivity index (χ4v) is 1.14. The molecule has 0 saturated carbocycles. The molecule has 66 valence electrons. The summed E-state index contributed by atoms with van der Waals surface area (Å²) in [4.78, 5) is 0. The first-order valence-corrected chi connectivity index (χ1v) is 4.54. The van der Waals surface area contributed by atoms with Crippen molar-refractivity contribution in [1.82, 2.24) is 0 Å². The minimum atomic E-state index is -2.48. The second-order valence-electron chi connectivity index (χ2n) is 2.06. The van der Waals surface area contributed by atoms with E-state index in [1.165, 1.54) is 0 Å². The summed E-state index contributed by atoms with van der Waals surface area (Å²) in [7, 11) is 0. The van der Waals surface area contributed by atoms with Crippen LogP contribution in [0.5, 0.6) is 0 Å². The minimum Gasteiger partial charge on any atom is -0.750 e. The molecule has 0 aromatic heterocycles. The number of hydrogen-bond donors (Lipinski definition) is 0. The molecule has 0 bridgehead atoms. The molecular weight excluding hydrogens is 200 g/mol. The monoisotopic (exact) mass is 205 g/mol. The zero-order valence-corrected chi connectivity index (χ0v) is 7.60. The molecular formula is C7H6ClO3S-. The summed E-state index contributed by atoms with van der Waals surface area (Å²) >= 11 is 3.24. The third-order valence-corrected chi connectivity index (χ3v) is 1.95. The highest BCUT2D eigenvalue weighted by Crippen LogP contribution is 2.15. The third-order valence-electron chi connectivity index (χ3n) is 1.27. The van der Waals surface area contributed by atoms with Gasteiger partial charge in [0.05, 0.1) is 18.0 Å². The largest absolute Gasteiger partial charge is 0.750 e. The van der Waals surface area contributed by atoms with Gasteiger partial charge in [0.15, 0.2) is 0 Å². The minimum absolute atomic E-state index is 0.0181. The van der Waals surface area contributed by atoms with Crippen molar-refractivity contribution in [3.63, 3.8) is 0 Å². The van der Waals surface area contributed by atoms with E-state index in [4.69, 9.17) is 11.6 Å².